The van der Waals surface area contributed by atoms with Gasteiger partial charge in [0.1, 0.15) is 5.75 Å². The molecule has 3 N–H and O–H groups in total. The fourth-order valence-electron chi connectivity index (χ4n) is 2.38. The van der Waals surface area contributed by atoms with Gasteiger partial charge in [-0.3, -0.25) is 0 Å². The Bertz CT molecular complexity index is 693. The first kappa shape index (κ1) is 18.1. The predicted molar refractivity (Wildman–Crippen MR) is 94.5 cm³/mol. The second-order valence-corrected chi connectivity index (χ2v) is 5.81. The Morgan fingerprint density at radius 3 is 2.38 bits per heavy atom. The number of methoxy groups -OCH3 is 1. The minimum atomic E-state index is -0.485. The number of aliphatic hydroxyl groups excluding tert-OH is 1. The Kier molecular flexibility index (Phi) is 6.46. The molecule has 24 heavy (non-hydrogen) atoms. The van der Waals surface area contributed by atoms with Gasteiger partial charge in [0, 0.05) is 10.6 Å². The summed E-state index contributed by atoms with van der Waals surface area (Å²) in [6.07, 6.45) is 0. The van der Waals surface area contributed by atoms with Crippen molar-refractivity contribution in [3.8, 4) is 5.75 Å². The molecule has 2 atom stereocenters. The monoisotopic (exact) mass is 348 g/mol. The van der Waals surface area contributed by atoms with Crippen molar-refractivity contribution >= 4 is 17.6 Å². The van der Waals surface area contributed by atoms with E-state index in [0.717, 1.165) is 11.1 Å². The summed E-state index contributed by atoms with van der Waals surface area (Å²) in [5.74, 6) is 0.651. The highest BCUT2D eigenvalue weighted by molar-refractivity contribution is 6.31. The van der Waals surface area contributed by atoms with E-state index in [-0.39, 0.29) is 12.6 Å². The van der Waals surface area contributed by atoms with Crippen LogP contribution in [0.4, 0.5) is 4.79 Å². The Morgan fingerprint density at radius 1 is 1.12 bits per heavy atom. The minimum Gasteiger partial charge on any atom is -0.496 e. The Morgan fingerprint density at radius 2 is 1.75 bits per heavy atom. The molecule has 0 heterocycles. The molecule has 0 fully saturated rings. The summed E-state index contributed by atoms with van der Waals surface area (Å²) in [7, 11) is 1.58. The average Bonchev–Trinajstić information content (AvgIpc) is 2.60. The van der Waals surface area contributed by atoms with Crippen LogP contribution in [-0.2, 0) is 0 Å². The van der Waals surface area contributed by atoms with Gasteiger partial charge in [0.05, 0.1) is 25.8 Å². The molecule has 128 valence electrons. The highest BCUT2D eigenvalue weighted by atomic mass is 35.5. The number of hydrogen-bond acceptors (Lipinski definition) is 3. The van der Waals surface area contributed by atoms with Crippen molar-refractivity contribution in [2.45, 2.75) is 19.0 Å². The Balaban J connectivity index is 2.39. The van der Waals surface area contributed by atoms with Crippen LogP contribution in [0, 0.1) is 0 Å². The Hall–Kier alpha value is -2.24. The number of rotatable bonds is 6. The van der Waals surface area contributed by atoms with Crippen molar-refractivity contribution in [3.05, 3.63) is 64.7 Å². The van der Waals surface area contributed by atoms with Gasteiger partial charge in [-0.1, -0.05) is 48.0 Å². The van der Waals surface area contributed by atoms with Gasteiger partial charge in [0.25, 0.3) is 0 Å². The second-order valence-electron chi connectivity index (χ2n) is 5.40. The Labute approximate surface area is 146 Å². The van der Waals surface area contributed by atoms with E-state index in [9.17, 15) is 4.79 Å². The molecule has 0 aromatic heterocycles. The van der Waals surface area contributed by atoms with Crippen LogP contribution in [0.25, 0.3) is 0 Å². The molecule has 0 saturated carbocycles. The third-order valence-corrected chi connectivity index (χ3v) is 3.94. The summed E-state index contributed by atoms with van der Waals surface area (Å²) in [5, 5.41) is 15.2. The number of nitrogens with one attached hydrogen (secondary N) is 2. The fourth-order valence-corrected chi connectivity index (χ4v) is 2.62. The van der Waals surface area contributed by atoms with Crippen LogP contribution < -0.4 is 15.4 Å². The number of carbonyl (C=O) groups excluding carboxylic acids is 1. The van der Waals surface area contributed by atoms with E-state index in [1.165, 1.54) is 0 Å². The normalized spacial score (nSPS) is 13.0. The highest BCUT2D eigenvalue weighted by Gasteiger charge is 2.22. The van der Waals surface area contributed by atoms with Gasteiger partial charge < -0.3 is 20.5 Å². The van der Waals surface area contributed by atoms with Crippen LogP contribution in [0.15, 0.2) is 48.5 Å². The van der Waals surface area contributed by atoms with E-state index in [1.807, 2.05) is 42.5 Å². The van der Waals surface area contributed by atoms with Crippen LogP contribution in [0.5, 0.6) is 5.75 Å². The number of carbonyl (C=O) groups is 1. The van der Waals surface area contributed by atoms with Gasteiger partial charge in [-0.2, -0.15) is 0 Å². The molecule has 0 spiro atoms. The van der Waals surface area contributed by atoms with E-state index < -0.39 is 12.1 Å². The lowest BCUT2D eigenvalue weighted by Gasteiger charge is -2.24. The van der Waals surface area contributed by atoms with Crippen molar-refractivity contribution in [2.75, 3.05) is 13.7 Å². The number of urea groups is 1. The van der Waals surface area contributed by atoms with Crippen LogP contribution >= 0.6 is 11.6 Å². The molecule has 2 amide bonds. The summed E-state index contributed by atoms with van der Waals surface area (Å²) in [5.41, 5.74) is 1.55. The fraction of sp³-hybridized carbons (Fsp3) is 0.278. The molecule has 6 heteroatoms. The number of hydrogen-bond donors (Lipinski definition) is 3. The smallest absolute Gasteiger partial charge is 0.315 e. The molecule has 0 aliphatic carbocycles. The zero-order valence-electron chi connectivity index (χ0n) is 13.6. The number of ether oxygens (including phenoxy) is 1. The zero-order chi connectivity index (χ0) is 17.5. The SMILES string of the molecule is COc1ccccc1C(NC(=O)NC(C)CO)c1ccccc1Cl. The average molecular weight is 349 g/mol. The largest absolute Gasteiger partial charge is 0.496 e. The molecule has 0 aliphatic heterocycles. The topological polar surface area (TPSA) is 70.6 Å². The summed E-state index contributed by atoms with van der Waals surface area (Å²) < 4.78 is 5.42. The summed E-state index contributed by atoms with van der Waals surface area (Å²) in [6, 6.07) is 13.5. The van der Waals surface area contributed by atoms with Crippen molar-refractivity contribution in [3.63, 3.8) is 0 Å². The maximum Gasteiger partial charge on any atom is 0.315 e. The van der Waals surface area contributed by atoms with Crippen molar-refractivity contribution in [1.29, 1.82) is 0 Å². The van der Waals surface area contributed by atoms with E-state index in [4.69, 9.17) is 21.4 Å². The van der Waals surface area contributed by atoms with E-state index >= 15 is 0 Å². The zero-order valence-corrected chi connectivity index (χ0v) is 14.4. The minimum absolute atomic E-state index is 0.140. The van der Waals surface area contributed by atoms with Crippen molar-refractivity contribution in [2.24, 2.45) is 0 Å². The number of halogens is 1. The number of amides is 2. The van der Waals surface area contributed by atoms with Crippen LogP contribution in [0.1, 0.15) is 24.1 Å². The third-order valence-electron chi connectivity index (χ3n) is 3.59. The standard InChI is InChI=1S/C18H21ClN2O3/c1-12(11-22)20-18(23)21-17(13-7-3-5-9-15(13)19)14-8-4-6-10-16(14)24-2/h3-10,12,17,22H,11H2,1-2H3,(H2,20,21,23). The number of para-hydroxylation sites is 1. The first-order valence-corrected chi connectivity index (χ1v) is 7.99. The summed E-state index contributed by atoms with van der Waals surface area (Å²) in [6.45, 7) is 1.58. The summed E-state index contributed by atoms with van der Waals surface area (Å²) >= 11 is 6.33. The maximum absolute atomic E-state index is 12.3. The maximum atomic E-state index is 12.3. The van der Waals surface area contributed by atoms with Gasteiger partial charge in [-0.25, -0.2) is 4.79 Å². The molecule has 2 aromatic rings. The lowest BCUT2D eigenvalue weighted by molar-refractivity contribution is 0.218. The lowest BCUT2D eigenvalue weighted by Crippen LogP contribution is -2.44. The first-order valence-electron chi connectivity index (χ1n) is 7.62. The van der Waals surface area contributed by atoms with Crippen LogP contribution in [-0.4, -0.2) is 30.9 Å². The summed E-state index contributed by atoms with van der Waals surface area (Å²) in [4.78, 5) is 12.3. The molecule has 0 saturated heterocycles. The van der Waals surface area contributed by atoms with Crippen molar-refractivity contribution < 1.29 is 14.6 Å². The number of aliphatic hydroxyl groups is 1. The molecule has 0 aliphatic rings. The second kappa shape index (κ2) is 8.57. The molecule has 0 radical (unpaired) electrons. The molecule has 2 rings (SSSR count). The quantitative estimate of drug-likeness (QED) is 0.751. The van der Waals surface area contributed by atoms with Gasteiger partial charge >= 0.3 is 6.03 Å². The van der Waals surface area contributed by atoms with Crippen LogP contribution in [0.3, 0.4) is 0 Å². The van der Waals surface area contributed by atoms with E-state index in [2.05, 4.69) is 10.6 Å². The van der Waals surface area contributed by atoms with Gasteiger partial charge in [-0.05, 0) is 24.6 Å². The van der Waals surface area contributed by atoms with Gasteiger partial charge in [0.15, 0.2) is 0 Å². The van der Waals surface area contributed by atoms with E-state index in [0.29, 0.717) is 10.8 Å². The third kappa shape index (κ3) is 4.40. The van der Waals surface area contributed by atoms with Gasteiger partial charge in [0.2, 0.25) is 0 Å². The molecular weight excluding hydrogens is 328 g/mol. The molecule has 0 bridgehead atoms. The first-order chi connectivity index (χ1) is 11.6. The molecule has 5 nitrogen and oxygen atoms in total. The lowest BCUT2D eigenvalue weighted by atomic mass is 9.97. The molecule has 2 unspecified atom stereocenters. The van der Waals surface area contributed by atoms with Crippen LogP contribution in [0.2, 0.25) is 5.02 Å². The molecular formula is C18H21ClN2O3. The predicted octanol–water partition coefficient (Wildman–Crippen LogP) is 3.12. The van der Waals surface area contributed by atoms with Crippen molar-refractivity contribution in [1.82, 2.24) is 10.6 Å². The molecule has 2 aromatic carbocycles. The number of benzene rings is 2. The highest BCUT2D eigenvalue weighted by Crippen LogP contribution is 2.33. The van der Waals surface area contributed by atoms with Gasteiger partial charge in [-0.15, -0.1) is 0 Å². The van der Waals surface area contributed by atoms with E-state index in [1.54, 1.807) is 20.1 Å².